The van der Waals surface area contributed by atoms with E-state index in [9.17, 15) is 9.59 Å². The molecule has 0 saturated carbocycles. The highest BCUT2D eigenvalue weighted by molar-refractivity contribution is 6.34. The summed E-state index contributed by atoms with van der Waals surface area (Å²) in [5.41, 5.74) is 1.33. The molecule has 1 N–H and O–H groups in total. The van der Waals surface area contributed by atoms with Gasteiger partial charge in [-0.1, -0.05) is 30.3 Å². The van der Waals surface area contributed by atoms with Crippen LogP contribution in [0.25, 0.3) is 0 Å². The Kier molecular flexibility index (Phi) is 5.95. The van der Waals surface area contributed by atoms with Crippen LogP contribution in [-0.4, -0.2) is 60.0 Å². The maximum Gasteiger partial charge on any atom is 0.312 e. The number of piperidine rings is 1. The number of hydrogen-bond donors (Lipinski definition) is 1. The second kappa shape index (κ2) is 7.94. The quantitative estimate of drug-likeness (QED) is 0.842. The predicted molar refractivity (Wildman–Crippen MR) is 84.2 cm³/mol. The molecule has 0 aliphatic carbocycles. The Morgan fingerprint density at radius 3 is 2.45 bits per heavy atom. The highest BCUT2D eigenvalue weighted by Crippen LogP contribution is 2.21. The van der Waals surface area contributed by atoms with E-state index in [0.717, 1.165) is 19.3 Å². The Bertz CT molecular complexity index is 496. The predicted octanol–water partition coefficient (Wildman–Crippen LogP) is 0.918. The van der Waals surface area contributed by atoms with Crippen LogP contribution in [0.2, 0.25) is 0 Å². The Balaban J connectivity index is 1.81. The van der Waals surface area contributed by atoms with Crippen LogP contribution in [0.1, 0.15) is 18.4 Å². The average molecular weight is 304 g/mol. The zero-order chi connectivity index (χ0) is 15.9. The van der Waals surface area contributed by atoms with Crippen LogP contribution in [-0.2, 0) is 16.0 Å². The van der Waals surface area contributed by atoms with E-state index in [1.54, 1.807) is 11.9 Å². The van der Waals surface area contributed by atoms with E-state index < -0.39 is 11.8 Å². The Morgan fingerprint density at radius 1 is 1.23 bits per heavy atom. The molecule has 0 atom stereocenters. The molecule has 0 bridgehead atoms. The maximum absolute atomic E-state index is 12.1. The molecule has 0 spiro atoms. The van der Waals surface area contributed by atoms with Gasteiger partial charge >= 0.3 is 11.8 Å². The van der Waals surface area contributed by atoms with Gasteiger partial charge in [0.25, 0.3) is 0 Å². The van der Waals surface area contributed by atoms with Crippen molar-refractivity contribution in [1.29, 1.82) is 0 Å². The van der Waals surface area contributed by atoms with Gasteiger partial charge in [-0.3, -0.25) is 9.59 Å². The number of nitrogens with zero attached hydrogens (tertiary/aromatic N) is 2. The second-order valence-electron chi connectivity index (χ2n) is 5.88. The van der Waals surface area contributed by atoms with Gasteiger partial charge in [0.1, 0.15) is 0 Å². The molecule has 1 fully saturated rings. The molecular formula is C17H24N2O3. The summed E-state index contributed by atoms with van der Waals surface area (Å²) in [6.45, 7) is 1.33. The smallest absolute Gasteiger partial charge is 0.312 e. The number of rotatable bonds is 4. The van der Waals surface area contributed by atoms with Crippen LogP contribution in [0.15, 0.2) is 30.3 Å². The number of carbonyl (C=O) groups excluding carboxylic acids is 2. The average Bonchev–Trinajstić information content (AvgIpc) is 2.55. The van der Waals surface area contributed by atoms with E-state index in [4.69, 9.17) is 5.11 Å². The summed E-state index contributed by atoms with van der Waals surface area (Å²) in [5, 5.41) is 8.83. The number of benzene rings is 1. The summed E-state index contributed by atoms with van der Waals surface area (Å²) in [7, 11) is 1.54. The van der Waals surface area contributed by atoms with Crippen LogP contribution in [0, 0.1) is 5.92 Å². The molecule has 0 aromatic heterocycles. The molecule has 1 saturated heterocycles. The summed E-state index contributed by atoms with van der Waals surface area (Å²) in [6, 6.07) is 10.4. The molecule has 2 amide bonds. The summed E-state index contributed by atoms with van der Waals surface area (Å²) >= 11 is 0. The second-order valence-corrected chi connectivity index (χ2v) is 5.88. The van der Waals surface area contributed by atoms with Gasteiger partial charge in [-0.2, -0.15) is 0 Å². The molecular weight excluding hydrogens is 280 g/mol. The lowest BCUT2D eigenvalue weighted by atomic mass is 9.90. The molecule has 22 heavy (non-hydrogen) atoms. The maximum atomic E-state index is 12.1. The van der Waals surface area contributed by atoms with Crippen molar-refractivity contribution in [1.82, 2.24) is 9.80 Å². The molecule has 5 nitrogen and oxygen atoms in total. The topological polar surface area (TPSA) is 60.9 Å². The molecule has 1 aromatic rings. The Hall–Kier alpha value is -1.88. The van der Waals surface area contributed by atoms with Gasteiger partial charge in [-0.05, 0) is 30.7 Å². The number of likely N-dealkylation sites (N-methyl/N-ethyl adjacent to an activating group) is 1. The normalized spacial score (nSPS) is 15.6. The summed E-state index contributed by atoms with van der Waals surface area (Å²) in [6.07, 6.45) is 2.89. The monoisotopic (exact) mass is 304 g/mol. The van der Waals surface area contributed by atoms with Gasteiger partial charge in [0, 0.05) is 26.7 Å². The fraction of sp³-hybridized carbons (Fsp3) is 0.529. The molecule has 0 unspecified atom stereocenters. The van der Waals surface area contributed by atoms with Crippen molar-refractivity contribution in [3.63, 3.8) is 0 Å². The minimum Gasteiger partial charge on any atom is -0.395 e. The van der Waals surface area contributed by atoms with Crippen LogP contribution in [0.5, 0.6) is 0 Å². The zero-order valence-electron chi connectivity index (χ0n) is 13.1. The molecule has 120 valence electrons. The van der Waals surface area contributed by atoms with Crippen LogP contribution >= 0.6 is 0 Å². The van der Waals surface area contributed by atoms with Crippen molar-refractivity contribution >= 4 is 11.8 Å². The molecule has 1 aliphatic rings. The van der Waals surface area contributed by atoms with E-state index in [1.807, 2.05) is 18.2 Å². The van der Waals surface area contributed by atoms with Gasteiger partial charge < -0.3 is 14.9 Å². The summed E-state index contributed by atoms with van der Waals surface area (Å²) < 4.78 is 0. The molecule has 5 heteroatoms. The first-order chi connectivity index (χ1) is 10.6. The standard InChI is InChI=1S/C17H24N2O3/c1-18(11-12-20)16(21)17(22)19-9-7-15(8-10-19)13-14-5-3-2-4-6-14/h2-6,15,20H,7-13H2,1H3. The summed E-state index contributed by atoms with van der Waals surface area (Å²) in [5.74, 6) is -0.415. The van der Waals surface area contributed by atoms with E-state index in [1.165, 1.54) is 10.5 Å². The lowest BCUT2D eigenvalue weighted by Gasteiger charge is -2.32. The van der Waals surface area contributed by atoms with E-state index in [-0.39, 0.29) is 13.2 Å². The fourth-order valence-electron chi connectivity index (χ4n) is 2.84. The first-order valence-corrected chi connectivity index (χ1v) is 7.81. The van der Waals surface area contributed by atoms with Crippen molar-refractivity contribution in [2.75, 3.05) is 33.3 Å². The van der Waals surface area contributed by atoms with Gasteiger partial charge in [0.15, 0.2) is 0 Å². The van der Waals surface area contributed by atoms with Crippen LogP contribution < -0.4 is 0 Å². The Morgan fingerprint density at radius 2 is 1.86 bits per heavy atom. The van der Waals surface area contributed by atoms with Gasteiger partial charge in [0.2, 0.25) is 0 Å². The SMILES string of the molecule is CN(CCO)C(=O)C(=O)N1CCC(Cc2ccccc2)CC1. The van der Waals surface area contributed by atoms with Crippen LogP contribution in [0.4, 0.5) is 0 Å². The van der Waals surface area contributed by atoms with Crippen molar-refractivity contribution in [3.05, 3.63) is 35.9 Å². The minimum atomic E-state index is -0.532. The first kappa shape index (κ1) is 16.5. The third kappa shape index (κ3) is 4.31. The highest BCUT2D eigenvalue weighted by Gasteiger charge is 2.28. The third-order valence-corrected chi connectivity index (χ3v) is 4.23. The van der Waals surface area contributed by atoms with Gasteiger partial charge in [0.05, 0.1) is 6.61 Å². The number of carbonyl (C=O) groups is 2. The fourth-order valence-corrected chi connectivity index (χ4v) is 2.84. The van der Waals surface area contributed by atoms with Crippen molar-refractivity contribution in [2.24, 2.45) is 5.92 Å². The number of likely N-dealkylation sites (tertiary alicyclic amines) is 1. The van der Waals surface area contributed by atoms with Crippen molar-refractivity contribution in [3.8, 4) is 0 Å². The Labute approximate surface area is 131 Å². The molecule has 2 rings (SSSR count). The zero-order valence-corrected chi connectivity index (χ0v) is 13.1. The highest BCUT2D eigenvalue weighted by atomic mass is 16.3. The van der Waals surface area contributed by atoms with Crippen molar-refractivity contribution in [2.45, 2.75) is 19.3 Å². The van der Waals surface area contributed by atoms with Gasteiger partial charge in [-0.15, -0.1) is 0 Å². The largest absolute Gasteiger partial charge is 0.395 e. The molecule has 1 aliphatic heterocycles. The first-order valence-electron chi connectivity index (χ1n) is 7.81. The summed E-state index contributed by atoms with van der Waals surface area (Å²) in [4.78, 5) is 27.0. The van der Waals surface area contributed by atoms with E-state index >= 15 is 0 Å². The molecule has 1 heterocycles. The number of aliphatic hydroxyl groups excluding tert-OH is 1. The molecule has 1 aromatic carbocycles. The molecule has 0 radical (unpaired) electrons. The minimum absolute atomic E-state index is 0.130. The van der Waals surface area contributed by atoms with Crippen molar-refractivity contribution < 1.29 is 14.7 Å². The number of hydrogen-bond acceptors (Lipinski definition) is 3. The van der Waals surface area contributed by atoms with E-state index in [2.05, 4.69) is 12.1 Å². The lowest BCUT2D eigenvalue weighted by molar-refractivity contribution is -0.152. The number of aliphatic hydroxyl groups is 1. The third-order valence-electron chi connectivity index (χ3n) is 4.23. The lowest BCUT2D eigenvalue weighted by Crippen LogP contribution is -2.47. The van der Waals surface area contributed by atoms with Gasteiger partial charge in [-0.25, -0.2) is 0 Å². The van der Waals surface area contributed by atoms with Crippen LogP contribution in [0.3, 0.4) is 0 Å². The van der Waals surface area contributed by atoms with E-state index in [0.29, 0.717) is 19.0 Å². The number of amides is 2.